The minimum Gasteiger partial charge on any atom is -0.310 e. The van der Waals surface area contributed by atoms with E-state index >= 15 is 0 Å². The van der Waals surface area contributed by atoms with Crippen LogP contribution in [0.5, 0.6) is 0 Å². The van der Waals surface area contributed by atoms with E-state index in [9.17, 15) is 0 Å². The normalized spacial score (nSPS) is 19.1. The molecule has 2 nitrogen and oxygen atoms in total. The minimum absolute atomic E-state index is 0.470. The van der Waals surface area contributed by atoms with Gasteiger partial charge < -0.3 is 10.6 Å². The van der Waals surface area contributed by atoms with E-state index in [0.717, 1.165) is 13.1 Å². The highest BCUT2D eigenvalue weighted by atomic mass is 15.0. The second-order valence-corrected chi connectivity index (χ2v) is 3.80. The highest BCUT2D eigenvalue weighted by Gasteiger charge is 2.33. The molecule has 1 fully saturated rings. The van der Waals surface area contributed by atoms with Crippen LogP contribution in [0.1, 0.15) is 32.6 Å². The van der Waals surface area contributed by atoms with Crippen molar-refractivity contribution in [3.8, 4) is 12.3 Å². The van der Waals surface area contributed by atoms with Gasteiger partial charge in [-0.1, -0.05) is 12.8 Å². The van der Waals surface area contributed by atoms with Gasteiger partial charge in [-0.05, 0) is 25.7 Å². The first-order chi connectivity index (χ1) is 6.33. The second-order valence-electron chi connectivity index (χ2n) is 3.80. The largest absolute Gasteiger partial charge is 0.310 e. The summed E-state index contributed by atoms with van der Waals surface area (Å²) in [6, 6.07) is 0. The van der Waals surface area contributed by atoms with Crippen molar-refractivity contribution in [2.24, 2.45) is 0 Å². The van der Waals surface area contributed by atoms with E-state index in [2.05, 4.69) is 23.5 Å². The average Bonchev–Trinajstić information content (AvgIpc) is 2.09. The van der Waals surface area contributed by atoms with Crippen molar-refractivity contribution >= 4 is 0 Å². The van der Waals surface area contributed by atoms with E-state index < -0.39 is 0 Å². The van der Waals surface area contributed by atoms with Gasteiger partial charge in [0.1, 0.15) is 0 Å². The van der Waals surface area contributed by atoms with Crippen molar-refractivity contribution in [2.45, 2.75) is 38.1 Å². The molecule has 0 saturated heterocycles. The van der Waals surface area contributed by atoms with Gasteiger partial charge in [-0.25, -0.2) is 0 Å². The molecule has 2 N–H and O–H groups in total. The standard InChI is InChI=1S/C11H20N2/c1-3-8-12-9-10-13-11(4-2)6-5-7-11/h1,12-13H,4-10H2,2H3. The third-order valence-corrected chi connectivity index (χ3v) is 3.02. The van der Waals surface area contributed by atoms with Gasteiger partial charge in [0.25, 0.3) is 0 Å². The lowest BCUT2D eigenvalue weighted by Gasteiger charge is -2.42. The Morgan fingerprint density at radius 2 is 2.15 bits per heavy atom. The number of hydrogen-bond acceptors (Lipinski definition) is 2. The molecular weight excluding hydrogens is 160 g/mol. The van der Waals surface area contributed by atoms with Crippen LogP contribution in [0.15, 0.2) is 0 Å². The zero-order chi connectivity index (χ0) is 9.57. The lowest BCUT2D eigenvalue weighted by molar-refractivity contribution is 0.179. The summed E-state index contributed by atoms with van der Waals surface area (Å²) in [6.07, 6.45) is 10.5. The predicted octanol–water partition coefficient (Wildman–Crippen LogP) is 1.13. The Morgan fingerprint density at radius 1 is 1.38 bits per heavy atom. The summed E-state index contributed by atoms with van der Waals surface area (Å²) in [5.41, 5.74) is 0.470. The molecule has 0 radical (unpaired) electrons. The maximum absolute atomic E-state index is 5.13. The summed E-state index contributed by atoms with van der Waals surface area (Å²) in [6.45, 7) is 4.96. The fraction of sp³-hybridized carbons (Fsp3) is 0.818. The molecule has 0 unspecified atom stereocenters. The van der Waals surface area contributed by atoms with E-state index in [1.807, 2.05) is 0 Å². The fourth-order valence-electron chi connectivity index (χ4n) is 1.84. The van der Waals surface area contributed by atoms with E-state index in [1.54, 1.807) is 0 Å². The van der Waals surface area contributed by atoms with Gasteiger partial charge in [-0.3, -0.25) is 0 Å². The van der Waals surface area contributed by atoms with Crippen LogP contribution in [0.4, 0.5) is 0 Å². The average molecular weight is 180 g/mol. The van der Waals surface area contributed by atoms with Crippen LogP contribution in [-0.2, 0) is 0 Å². The molecule has 0 bridgehead atoms. The van der Waals surface area contributed by atoms with E-state index in [0.29, 0.717) is 12.1 Å². The molecule has 0 aromatic rings. The molecule has 0 amide bonds. The lowest BCUT2D eigenvalue weighted by Crippen LogP contribution is -2.52. The molecule has 13 heavy (non-hydrogen) atoms. The minimum atomic E-state index is 0.470. The molecule has 0 aromatic heterocycles. The third kappa shape index (κ3) is 3.02. The summed E-state index contributed by atoms with van der Waals surface area (Å²) < 4.78 is 0. The summed E-state index contributed by atoms with van der Waals surface area (Å²) >= 11 is 0. The van der Waals surface area contributed by atoms with E-state index in [4.69, 9.17) is 6.42 Å². The van der Waals surface area contributed by atoms with E-state index in [1.165, 1.54) is 25.7 Å². The van der Waals surface area contributed by atoms with Gasteiger partial charge in [0, 0.05) is 18.6 Å². The third-order valence-electron chi connectivity index (χ3n) is 3.02. The highest BCUT2D eigenvalue weighted by Crippen LogP contribution is 2.34. The predicted molar refractivity (Wildman–Crippen MR) is 56.6 cm³/mol. The fourth-order valence-corrected chi connectivity index (χ4v) is 1.84. The molecule has 74 valence electrons. The molecule has 0 atom stereocenters. The molecule has 0 aromatic carbocycles. The topological polar surface area (TPSA) is 24.1 Å². The Kier molecular flexibility index (Phi) is 4.27. The Bertz CT molecular complexity index is 172. The smallest absolute Gasteiger partial charge is 0.0574 e. The molecule has 1 aliphatic rings. The summed E-state index contributed by atoms with van der Waals surface area (Å²) in [5.74, 6) is 2.57. The first-order valence-corrected chi connectivity index (χ1v) is 5.22. The molecular formula is C11H20N2. The van der Waals surface area contributed by atoms with Crippen LogP contribution < -0.4 is 10.6 Å². The van der Waals surface area contributed by atoms with Gasteiger partial charge in [0.05, 0.1) is 6.54 Å². The molecule has 0 heterocycles. The maximum atomic E-state index is 5.13. The molecule has 0 aliphatic heterocycles. The van der Waals surface area contributed by atoms with E-state index in [-0.39, 0.29) is 0 Å². The van der Waals surface area contributed by atoms with Crippen molar-refractivity contribution in [2.75, 3.05) is 19.6 Å². The Hall–Kier alpha value is -0.520. The molecule has 1 rings (SSSR count). The quantitative estimate of drug-likeness (QED) is 0.473. The second kappa shape index (κ2) is 5.26. The number of terminal acetylenes is 1. The lowest BCUT2D eigenvalue weighted by atomic mass is 9.75. The van der Waals surface area contributed by atoms with Crippen LogP contribution in [0.25, 0.3) is 0 Å². The zero-order valence-electron chi connectivity index (χ0n) is 8.53. The van der Waals surface area contributed by atoms with Crippen molar-refractivity contribution in [1.82, 2.24) is 10.6 Å². The number of nitrogens with one attached hydrogen (secondary N) is 2. The highest BCUT2D eigenvalue weighted by molar-refractivity contribution is 4.94. The van der Waals surface area contributed by atoms with Crippen molar-refractivity contribution in [3.05, 3.63) is 0 Å². The molecule has 0 spiro atoms. The first-order valence-electron chi connectivity index (χ1n) is 5.22. The van der Waals surface area contributed by atoms with Gasteiger partial charge in [0.15, 0.2) is 0 Å². The SMILES string of the molecule is C#CCNCCNC1(CC)CCC1. The summed E-state index contributed by atoms with van der Waals surface area (Å²) in [4.78, 5) is 0. The molecule has 1 aliphatic carbocycles. The van der Waals surface area contributed by atoms with Gasteiger partial charge in [-0.15, -0.1) is 6.42 Å². The van der Waals surface area contributed by atoms with Crippen molar-refractivity contribution < 1.29 is 0 Å². The van der Waals surface area contributed by atoms with Crippen LogP contribution in [-0.4, -0.2) is 25.2 Å². The number of rotatable bonds is 6. The maximum Gasteiger partial charge on any atom is 0.0574 e. The van der Waals surface area contributed by atoms with Crippen LogP contribution in [0.3, 0.4) is 0 Å². The van der Waals surface area contributed by atoms with Crippen LogP contribution in [0, 0.1) is 12.3 Å². The van der Waals surface area contributed by atoms with Gasteiger partial charge in [0.2, 0.25) is 0 Å². The summed E-state index contributed by atoms with van der Waals surface area (Å²) in [5, 5.41) is 6.79. The van der Waals surface area contributed by atoms with Crippen molar-refractivity contribution in [1.29, 1.82) is 0 Å². The summed E-state index contributed by atoms with van der Waals surface area (Å²) in [7, 11) is 0. The monoisotopic (exact) mass is 180 g/mol. The number of hydrogen-bond donors (Lipinski definition) is 2. The van der Waals surface area contributed by atoms with Gasteiger partial charge in [-0.2, -0.15) is 0 Å². The Labute approximate surface area is 81.5 Å². The van der Waals surface area contributed by atoms with Crippen LogP contribution in [0.2, 0.25) is 0 Å². The Morgan fingerprint density at radius 3 is 2.62 bits per heavy atom. The Balaban J connectivity index is 2.01. The van der Waals surface area contributed by atoms with Crippen LogP contribution >= 0.6 is 0 Å². The van der Waals surface area contributed by atoms with Gasteiger partial charge >= 0.3 is 0 Å². The molecule has 2 heteroatoms. The zero-order valence-corrected chi connectivity index (χ0v) is 8.53. The molecule has 1 saturated carbocycles. The first kappa shape index (κ1) is 10.6. The van der Waals surface area contributed by atoms with Crippen molar-refractivity contribution in [3.63, 3.8) is 0 Å².